The van der Waals surface area contributed by atoms with E-state index in [9.17, 15) is 9.90 Å². The Morgan fingerprint density at radius 3 is 2.85 bits per heavy atom. The van der Waals surface area contributed by atoms with Gasteiger partial charge in [-0.05, 0) is 37.5 Å². The van der Waals surface area contributed by atoms with Crippen LogP contribution in [0.4, 0.5) is 4.79 Å². The molecule has 1 atom stereocenters. The Morgan fingerprint density at radius 1 is 1.35 bits per heavy atom. The Morgan fingerprint density at radius 2 is 2.15 bits per heavy atom. The molecule has 0 aliphatic heterocycles. The van der Waals surface area contributed by atoms with E-state index in [0.29, 0.717) is 32.5 Å². The number of urea groups is 1. The van der Waals surface area contributed by atoms with Gasteiger partial charge in [0.1, 0.15) is 5.75 Å². The van der Waals surface area contributed by atoms with Crippen molar-refractivity contribution >= 4 is 6.03 Å². The number of rotatable bonds is 8. The summed E-state index contributed by atoms with van der Waals surface area (Å²) < 4.78 is 5.40. The maximum absolute atomic E-state index is 11.6. The third kappa shape index (κ3) is 6.43. The number of hydrogen-bond acceptors (Lipinski definition) is 3. The van der Waals surface area contributed by atoms with Crippen molar-refractivity contribution in [1.29, 1.82) is 0 Å². The minimum atomic E-state index is -0.349. The molecule has 5 heteroatoms. The van der Waals surface area contributed by atoms with Crippen LogP contribution in [-0.2, 0) is 6.54 Å². The number of carbonyl (C=O) groups is 1. The van der Waals surface area contributed by atoms with Crippen LogP contribution < -0.4 is 15.4 Å². The van der Waals surface area contributed by atoms with E-state index in [1.54, 1.807) is 0 Å². The summed E-state index contributed by atoms with van der Waals surface area (Å²) in [5.41, 5.74) is 0.986. The molecule has 0 aromatic heterocycles. The Bertz CT molecular complexity index is 410. The Balaban J connectivity index is 2.28. The van der Waals surface area contributed by atoms with E-state index in [1.807, 2.05) is 38.1 Å². The van der Waals surface area contributed by atoms with E-state index < -0.39 is 0 Å². The highest BCUT2D eigenvalue weighted by Gasteiger charge is 2.03. The van der Waals surface area contributed by atoms with Crippen LogP contribution in [0.2, 0.25) is 0 Å². The number of hydrogen-bond donors (Lipinski definition) is 3. The van der Waals surface area contributed by atoms with Crippen LogP contribution in [0.5, 0.6) is 5.75 Å². The van der Waals surface area contributed by atoms with Crippen molar-refractivity contribution in [3.8, 4) is 5.75 Å². The predicted octanol–water partition coefficient (Wildman–Crippen LogP) is 2.05. The second kappa shape index (κ2) is 9.20. The topological polar surface area (TPSA) is 70.6 Å². The van der Waals surface area contributed by atoms with Gasteiger partial charge >= 0.3 is 6.03 Å². The summed E-state index contributed by atoms with van der Waals surface area (Å²) in [5.74, 6) is 0.804. The summed E-state index contributed by atoms with van der Waals surface area (Å²) in [6, 6.07) is 7.40. The zero-order valence-corrected chi connectivity index (χ0v) is 12.2. The number of aliphatic hydroxyl groups excluding tert-OH is 1. The highest BCUT2D eigenvalue weighted by atomic mass is 16.5. The summed E-state index contributed by atoms with van der Waals surface area (Å²) in [4.78, 5) is 11.6. The van der Waals surface area contributed by atoms with Crippen LogP contribution in [0.25, 0.3) is 0 Å². The fourth-order valence-electron chi connectivity index (χ4n) is 1.71. The Hall–Kier alpha value is -1.75. The van der Waals surface area contributed by atoms with Gasteiger partial charge in [0.15, 0.2) is 0 Å². The van der Waals surface area contributed by atoms with E-state index in [2.05, 4.69) is 10.6 Å². The van der Waals surface area contributed by atoms with Crippen LogP contribution in [-0.4, -0.2) is 30.4 Å². The van der Waals surface area contributed by atoms with Crippen molar-refractivity contribution in [2.24, 2.45) is 0 Å². The molecule has 1 aromatic rings. The minimum absolute atomic E-state index is 0.227. The molecule has 0 aliphatic rings. The normalized spacial score (nSPS) is 11.8. The molecule has 1 rings (SSSR count). The molecule has 0 heterocycles. The Labute approximate surface area is 120 Å². The highest BCUT2D eigenvalue weighted by Crippen LogP contribution is 2.12. The van der Waals surface area contributed by atoms with Crippen molar-refractivity contribution < 1.29 is 14.6 Å². The molecule has 2 amide bonds. The fourth-order valence-corrected chi connectivity index (χ4v) is 1.71. The molecule has 0 saturated carbocycles. The minimum Gasteiger partial charge on any atom is -0.494 e. The van der Waals surface area contributed by atoms with Gasteiger partial charge in [0.05, 0.1) is 12.7 Å². The lowest BCUT2D eigenvalue weighted by Gasteiger charge is -2.10. The summed E-state index contributed by atoms with van der Waals surface area (Å²) in [6.07, 6.45) is 0.926. The van der Waals surface area contributed by atoms with E-state index in [-0.39, 0.29) is 12.1 Å². The van der Waals surface area contributed by atoms with Gasteiger partial charge in [-0.25, -0.2) is 4.79 Å². The lowest BCUT2D eigenvalue weighted by atomic mass is 10.2. The number of ether oxygens (including phenoxy) is 1. The van der Waals surface area contributed by atoms with Gasteiger partial charge in [-0.3, -0.25) is 0 Å². The maximum Gasteiger partial charge on any atom is 0.315 e. The van der Waals surface area contributed by atoms with Gasteiger partial charge in [-0.15, -0.1) is 0 Å². The first kappa shape index (κ1) is 16.3. The van der Waals surface area contributed by atoms with Crippen molar-refractivity contribution in [2.75, 3.05) is 13.2 Å². The van der Waals surface area contributed by atoms with Crippen LogP contribution in [0.1, 0.15) is 32.3 Å². The van der Waals surface area contributed by atoms with Crippen molar-refractivity contribution in [1.82, 2.24) is 10.6 Å². The summed E-state index contributed by atoms with van der Waals surface area (Å²) in [7, 11) is 0. The second-order valence-electron chi connectivity index (χ2n) is 4.54. The number of nitrogens with one attached hydrogen (secondary N) is 2. The van der Waals surface area contributed by atoms with Gasteiger partial charge in [-0.2, -0.15) is 0 Å². The lowest BCUT2D eigenvalue weighted by molar-refractivity contribution is 0.160. The summed E-state index contributed by atoms with van der Waals surface area (Å²) in [5, 5.41) is 14.9. The molecule has 0 aliphatic carbocycles. The molecule has 0 fully saturated rings. The monoisotopic (exact) mass is 280 g/mol. The smallest absolute Gasteiger partial charge is 0.315 e. The van der Waals surface area contributed by atoms with E-state index >= 15 is 0 Å². The molecule has 0 bridgehead atoms. The highest BCUT2D eigenvalue weighted by molar-refractivity contribution is 5.73. The van der Waals surface area contributed by atoms with E-state index in [0.717, 1.165) is 11.3 Å². The molecule has 0 spiro atoms. The average Bonchev–Trinajstić information content (AvgIpc) is 2.45. The van der Waals surface area contributed by atoms with Crippen LogP contribution in [0.3, 0.4) is 0 Å². The first-order valence-corrected chi connectivity index (χ1v) is 7.07. The van der Waals surface area contributed by atoms with Crippen LogP contribution in [0, 0.1) is 0 Å². The number of carbonyl (C=O) groups excluding carboxylic acids is 1. The molecule has 5 nitrogen and oxygen atoms in total. The third-order valence-electron chi connectivity index (χ3n) is 2.90. The first-order valence-electron chi connectivity index (χ1n) is 7.07. The number of amides is 2. The largest absolute Gasteiger partial charge is 0.494 e. The molecular formula is C15H24N2O3. The fraction of sp³-hybridized carbons (Fsp3) is 0.533. The van der Waals surface area contributed by atoms with E-state index in [1.165, 1.54) is 0 Å². The van der Waals surface area contributed by atoms with Crippen molar-refractivity contribution in [3.63, 3.8) is 0 Å². The molecule has 0 radical (unpaired) electrons. The van der Waals surface area contributed by atoms with Gasteiger partial charge in [-0.1, -0.05) is 19.1 Å². The summed E-state index contributed by atoms with van der Waals surface area (Å²) in [6.45, 7) is 5.39. The molecule has 1 aromatic carbocycles. The zero-order chi connectivity index (χ0) is 14.8. The molecule has 1 unspecified atom stereocenters. The second-order valence-corrected chi connectivity index (χ2v) is 4.54. The predicted molar refractivity (Wildman–Crippen MR) is 78.8 cm³/mol. The third-order valence-corrected chi connectivity index (χ3v) is 2.90. The van der Waals surface area contributed by atoms with Gasteiger partial charge in [0, 0.05) is 13.1 Å². The van der Waals surface area contributed by atoms with Gasteiger partial charge in [0.25, 0.3) is 0 Å². The number of benzene rings is 1. The van der Waals surface area contributed by atoms with Crippen molar-refractivity contribution in [2.45, 2.75) is 39.3 Å². The molecule has 20 heavy (non-hydrogen) atoms. The molecule has 112 valence electrons. The summed E-state index contributed by atoms with van der Waals surface area (Å²) >= 11 is 0. The van der Waals surface area contributed by atoms with Crippen LogP contribution in [0.15, 0.2) is 24.3 Å². The van der Waals surface area contributed by atoms with Crippen LogP contribution >= 0.6 is 0 Å². The van der Waals surface area contributed by atoms with Gasteiger partial charge in [0.2, 0.25) is 0 Å². The molecular weight excluding hydrogens is 256 g/mol. The molecule has 3 N–H and O–H groups in total. The average molecular weight is 280 g/mol. The van der Waals surface area contributed by atoms with E-state index in [4.69, 9.17) is 4.74 Å². The maximum atomic E-state index is 11.6. The van der Waals surface area contributed by atoms with Gasteiger partial charge < -0.3 is 20.5 Å². The standard InChI is InChI=1S/C15H24N2O3/c1-3-13(18)8-9-16-15(19)17-11-12-6-5-7-14(10-12)20-4-2/h5-7,10,13,18H,3-4,8-9,11H2,1-2H3,(H2,16,17,19). The molecule has 0 saturated heterocycles. The number of aliphatic hydroxyl groups is 1. The first-order chi connectivity index (χ1) is 9.65. The zero-order valence-electron chi connectivity index (χ0n) is 12.2. The quantitative estimate of drug-likeness (QED) is 0.682. The lowest BCUT2D eigenvalue weighted by Crippen LogP contribution is -2.36. The van der Waals surface area contributed by atoms with Crippen molar-refractivity contribution in [3.05, 3.63) is 29.8 Å². The SMILES string of the molecule is CCOc1cccc(CNC(=O)NCCC(O)CC)c1. The Kier molecular flexibility index (Phi) is 7.50.